The van der Waals surface area contributed by atoms with E-state index in [1.54, 1.807) is 24.3 Å². The zero-order valence-corrected chi connectivity index (χ0v) is 17.9. The molecule has 1 fully saturated rings. The van der Waals surface area contributed by atoms with Crippen molar-refractivity contribution in [2.45, 2.75) is 13.8 Å². The lowest BCUT2D eigenvalue weighted by Crippen LogP contribution is -2.54. The van der Waals surface area contributed by atoms with Gasteiger partial charge in [-0.05, 0) is 68.0 Å². The third-order valence-electron chi connectivity index (χ3n) is 4.97. The van der Waals surface area contributed by atoms with Gasteiger partial charge in [0, 0.05) is 21.5 Å². The highest BCUT2D eigenvalue weighted by molar-refractivity contribution is 9.10. The van der Waals surface area contributed by atoms with E-state index in [9.17, 15) is 14.4 Å². The van der Waals surface area contributed by atoms with Gasteiger partial charge < -0.3 is 4.57 Å². The number of carbonyl (C=O) groups excluding carboxylic acids is 3. The molecule has 1 aliphatic rings. The van der Waals surface area contributed by atoms with Gasteiger partial charge in [-0.1, -0.05) is 34.1 Å². The number of amides is 4. The lowest BCUT2D eigenvalue weighted by molar-refractivity contribution is -0.122. The zero-order valence-electron chi connectivity index (χ0n) is 16.3. The molecule has 0 unspecified atom stereocenters. The van der Waals surface area contributed by atoms with E-state index in [0.29, 0.717) is 5.69 Å². The first-order valence-corrected chi connectivity index (χ1v) is 10.1. The molecule has 4 amide bonds. The van der Waals surface area contributed by atoms with E-state index < -0.39 is 17.8 Å². The molecule has 6 nitrogen and oxygen atoms in total. The van der Waals surface area contributed by atoms with Crippen molar-refractivity contribution in [1.82, 2.24) is 9.88 Å². The maximum atomic E-state index is 13.1. The molecule has 1 aromatic heterocycles. The lowest BCUT2D eigenvalue weighted by Gasteiger charge is -2.26. The largest absolute Gasteiger partial charge is 0.335 e. The fourth-order valence-electron chi connectivity index (χ4n) is 3.55. The van der Waals surface area contributed by atoms with Gasteiger partial charge in [-0.2, -0.15) is 0 Å². The van der Waals surface area contributed by atoms with Crippen molar-refractivity contribution in [2.75, 3.05) is 4.90 Å². The third kappa shape index (κ3) is 3.48. The number of nitrogens with one attached hydrogen (secondary N) is 1. The number of hydrogen-bond acceptors (Lipinski definition) is 3. The van der Waals surface area contributed by atoms with Gasteiger partial charge in [0.2, 0.25) is 0 Å². The Hall–Kier alpha value is -3.45. The Labute approximate surface area is 181 Å². The van der Waals surface area contributed by atoms with Gasteiger partial charge in [0.25, 0.3) is 11.8 Å². The molecule has 0 spiro atoms. The molecule has 30 heavy (non-hydrogen) atoms. The highest BCUT2D eigenvalue weighted by atomic mass is 79.9. The Morgan fingerprint density at radius 3 is 2.23 bits per heavy atom. The number of barbiturate groups is 1. The summed E-state index contributed by atoms with van der Waals surface area (Å²) in [6.07, 6.45) is 1.54. The molecule has 0 bridgehead atoms. The predicted molar refractivity (Wildman–Crippen MR) is 118 cm³/mol. The molecule has 0 atom stereocenters. The number of hydrogen-bond donors (Lipinski definition) is 1. The summed E-state index contributed by atoms with van der Waals surface area (Å²) in [5.41, 5.74) is 3.87. The van der Waals surface area contributed by atoms with Crippen LogP contribution in [0.4, 0.5) is 10.5 Å². The molecule has 4 rings (SSSR count). The standard InChI is InChI=1S/C23H18BrN3O3/c1-14-12-16(15(2)26(14)18-6-4-3-5-7-18)13-20-21(28)25-23(30)27(22(20)29)19-10-8-17(24)9-11-19/h3-13H,1-2H3,(H,25,28,30). The Bertz CT molecular complexity index is 1190. The van der Waals surface area contributed by atoms with Crippen LogP contribution in [0.3, 0.4) is 0 Å². The van der Waals surface area contributed by atoms with Crippen molar-refractivity contribution < 1.29 is 14.4 Å². The van der Waals surface area contributed by atoms with Crippen LogP contribution < -0.4 is 10.2 Å². The summed E-state index contributed by atoms with van der Waals surface area (Å²) in [7, 11) is 0. The van der Waals surface area contributed by atoms with Crippen LogP contribution in [0.2, 0.25) is 0 Å². The van der Waals surface area contributed by atoms with Gasteiger partial charge in [-0.15, -0.1) is 0 Å². The van der Waals surface area contributed by atoms with Gasteiger partial charge in [0.05, 0.1) is 5.69 Å². The first-order valence-electron chi connectivity index (χ1n) is 9.28. The number of urea groups is 1. The summed E-state index contributed by atoms with van der Waals surface area (Å²) in [6, 6.07) is 17.7. The number of halogens is 1. The number of benzene rings is 2. The van der Waals surface area contributed by atoms with E-state index in [0.717, 1.165) is 32.0 Å². The lowest BCUT2D eigenvalue weighted by atomic mass is 10.1. The van der Waals surface area contributed by atoms with Crippen molar-refractivity contribution in [3.05, 3.63) is 87.7 Å². The molecule has 150 valence electrons. The van der Waals surface area contributed by atoms with E-state index >= 15 is 0 Å². The van der Waals surface area contributed by atoms with Crippen molar-refractivity contribution in [1.29, 1.82) is 0 Å². The monoisotopic (exact) mass is 463 g/mol. The number of aryl methyl sites for hydroxylation is 1. The zero-order chi connectivity index (χ0) is 21.4. The number of rotatable bonds is 3. The molecule has 3 aromatic rings. The molecule has 7 heteroatoms. The van der Waals surface area contributed by atoms with E-state index in [4.69, 9.17) is 0 Å². The van der Waals surface area contributed by atoms with Crippen LogP contribution in [0.15, 0.2) is 70.7 Å². The average Bonchev–Trinajstić information content (AvgIpc) is 3.00. The summed E-state index contributed by atoms with van der Waals surface area (Å²) >= 11 is 3.33. The Morgan fingerprint density at radius 1 is 0.900 bits per heavy atom. The molecular weight excluding hydrogens is 446 g/mol. The van der Waals surface area contributed by atoms with Gasteiger partial charge in [0.1, 0.15) is 5.57 Å². The van der Waals surface area contributed by atoms with Crippen LogP contribution in [-0.4, -0.2) is 22.4 Å². The summed E-state index contributed by atoms with van der Waals surface area (Å²) in [6.45, 7) is 3.89. The number of anilines is 1. The Kier molecular flexibility index (Phi) is 5.13. The topological polar surface area (TPSA) is 71.4 Å². The van der Waals surface area contributed by atoms with Crippen molar-refractivity contribution in [2.24, 2.45) is 0 Å². The minimum absolute atomic E-state index is 0.0918. The Morgan fingerprint density at radius 2 is 1.57 bits per heavy atom. The van der Waals surface area contributed by atoms with Gasteiger partial charge in [-0.25, -0.2) is 9.69 Å². The molecule has 1 N–H and O–H groups in total. The fourth-order valence-corrected chi connectivity index (χ4v) is 3.81. The van der Waals surface area contributed by atoms with Gasteiger partial charge in [0.15, 0.2) is 0 Å². The van der Waals surface area contributed by atoms with Crippen molar-refractivity contribution in [3.63, 3.8) is 0 Å². The van der Waals surface area contributed by atoms with Crippen LogP contribution in [0, 0.1) is 13.8 Å². The summed E-state index contributed by atoms with van der Waals surface area (Å²) < 4.78 is 2.87. The maximum Gasteiger partial charge on any atom is 0.335 e. The van der Waals surface area contributed by atoms with E-state index in [1.165, 1.54) is 6.08 Å². The third-order valence-corrected chi connectivity index (χ3v) is 5.50. The molecule has 1 aliphatic heterocycles. The quantitative estimate of drug-likeness (QED) is 0.458. The number of nitrogens with zero attached hydrogens (tertiary/aromatic N) is 2. The first-order chi connectivity index (χ1) is 14.4. The second kappa shape index (κ2) is 7.76. The highest BCUT2D eigenvalue weighted by Gasteiger charge is 2.37. The molecular formula is C23H18BrN3O3. The molecule has 0 saturated carbocycles. The second-order valence-corrected chi connectivity index (χ2v) is 7.85. The normalized spacial score (nSPS) is 15.6. The van der Waals surface area contributed by atoms with Crippen LogP contribution in [-0.2, 0) is 9.59 Å². The molecule has 2 heterocycles. The molecule has 0 radical (unpaired) electrons. The molecule has 1 saturated heterocycles. The average molecular weight is 464 g/mol. The maximum absolute atomic E-state index is 13.1. The first kappa shape index (κ1) is 19.8. The summed E-state index contributed by atoms with van der Waals surface area (Å²) in [5, 5.41) is 2.26. The second-order valence-electron chi connectivity index (χ2n) is 6.93. The number of imide groups is 2. The smallest absolute Gasteiger partial charge is 0.318 e. The van der Waals surface area contributed by atoms with Gasteiger partial charge in [-0.3, -0.25) is 14.9 Å². The van der Waals surface area contributed by atoms with Crippen molar-refractivity contribution in [3.8, 4) is 5.69 Å². The minimum atomic E-state index is -0.765. The summed E-state index contributed by atoms with van der Waals surface area (Å²) in [4.78, 5) is 38.8. The van der Waals surface area contributed by atoms with E-state index in [-0.39, 0.29) is 5.57 Å². The van der Waals surface area contributed by atoms with Crippen molar-refractivity contribution >= 4 is 45.5 Å². The number of carbonyl (C=O) groups is 3. The van der Waals surface area contributed by atoms with Crippen LogP contribution in [0.5, 0.6) is 0 Å². The van der Waals surface area contributed by atoms with Crippen LogP contribution in [0.1, 0.15) is 17.0 Å². The summed E-state index contributed by atoms with van der Waals surface area (Å²) in [5.74, 6) is -1.36. The minimum Gasteiger partial charge on any atom is -0.318 e. The SMILES string of the molecule is Cc1cc(C=C2C(=O)NC(=O)N(c3ccc(Br)cc3)C2=O)c(C)n1-c1ccccc1. The van der Waals surface area contributed by atoms with E-state index in [2.05, 4.69) is 25.8 Å². The van der Waals surface area contributed by atoms with E-state index in [1.807, 2.05) is 50.2 Å². The highest BCUT2D eigenvalue weighted by Crippen LogP contribution is 2.26. The van der Waals surface area contributed by atoms with Crippen LogP contribution in [0.25, 0.3) is 11.8 Å². The van der Waals surface area contributed by atoms with Gasteiger partial charge >= 0.3 is 6.03 Å². The number of aromatic nitrogens is 1. The molecule has 0 aliphatic carbocycles. The Balaban J connectivity index is 1.76. The fraction of sp³-hybridized carbons (Fsp3) is 0.0870. The van der Waals surface area contributed by atoms with Crippen LogP contribution >= 0.6 is 15.9 Å². The predicted octanol–water partition coefficient (Wildman–Crippen LogP) is 4.52. The molecule has 2 aromatic carbocycles. The number of para-hydroxylation sites is 1.